The average molecular weight is 525 g/mol. The highest BCUT2D eigenvalue weighted by molar-refractivity contribution is 7.92. The quantitative estimate of drug-likeness (QED) is 0.284. The third-order valence-electron chi connectivity index (χ3n) is 5.42. The monoisotopic (exact) mass is 524 g/mol. The van der Waals surface area contributed by atoms with Crippen LogP contribution in [-0.4, -0.2) is 14.3 Å². The maximum atomic E-state index is 13.6. The van der Waals surface area contributed by atoms with Gasteiger partial charge in [0.15, 0.2) is 0 Å². The first-order valence-corrected chi connectivity index (χ1v) is 12.9. The van der Waals surface area contributed by atoms with Crippen LogP contribution in [0.4, 0.5) is 11.4 Å². The van der Waals surface area contributed by atoms with Gasteiger partial charge in [-0.2, -0.15) is 0 Å². The van der Waals surface area contributed by atoms with Crippen molar-refractivity contribution in [3.63, 3.8) is 0 Å². The molecule has 0 unspecified atom stereocenters. The van der Waals surface area contributed by atoms with Crippen LogP contribution in [0.5, 0.6) is 0 Å². The molecule has 1 N–H and O–H groups in total. The minimum Gasteiger partial charge on any atom is -0.322 e. The van der Waals surface area contributed by atoms with Crippen LogP contribution in [0.15, 0.2) is 102 Å². The zero-order valence-corrected chi connectivity index (χ0v) is 21.1. The topological polar surface area (TPSA) is 66.5 Å². The number of nitrogens with one attached hydrogen (secondary N) is 1. The summed E-state index contributed by atoms with van der Waals surface area (Å²) in [6, 6.07) is 27.0. The molecular formula is C27H22Cl2N2O3S. The number of halogens is 2. The molecule has 35 heavy (non-hydrogen) atoms. The van der Waals surface area contributed by atoms with E-state index in [-0.39, 0.29) is 17.3 Å². The van der Waals surface area contributed by atoms with E-state index in [2.05, 4.69) is 5.32 Å². The van der Waals surface area contributed by atoms with Crippen LogP contribution in [0.3, 0.4) is 0 Å². The van der Waals surface area contributed by atoms with Crippen molar-refractivity contribution in [2.24, 2.45) is 0 Å². The van der Waals surface area contributed by atoms with Gasteiger partial charge in [-0.3, -0.25) is 9.10 Å². The normalized spacial score (nSPS) is 11.2. The molecule has 0 heterocycles. The number of carbonyl (C=O) groups excluding carboxylic acids is 1. The second-order valence-electron chi connectivity index (χ2n) is 7.91. The van der Waals surface area contributed by atoms with E-state index in [1.807, 2.05) is 6.92 Å². The molecule has 4 aromatic carbocycles. The molecule has 4 aromatic rings. The van der Waals surface area contributed by atoms with Crippen LogP contribution >= 0.6 is 23.2 Å². The average Bonchev–Trinajstić information content (AvgIpc) is 2.86. The van der Waals surface area contributed by atoms with E-state index in [1.54, 1.807) is 97.1 Å². The predicted molar refractivity (Wildman–Crippen MR) is 142 cm³/mol. The molecular weight excluding hydrogens is 503 g/mol. The molecule has 0 radical (unpaired) electrons. The Labute approximate surface area is 215 Å². The van der Waals surface area contributed by atoms with Crippen molar-refractivity contribution >= 4 is 50.5 Å². The largest absolute Gasteiger partial charge is 0.322 e. The van der Waals surface area contributed by atoms with Crippen LogP contribution in [-0.2, 0) is 16.6 Å². The van der Waals surface area contributed by atoms with Crippen molar-refractivity contribution < 1.29 is 13.2 Å². The Bertz CT molecular complexity index is 1440. The third-order valence-corrected chi connectivity index (χ3v) is 7.68. The molecule has 0 aliphatic heterocycles. The van der Waals surface area contributed by atoms with Crippen molar-refractivity contribution in [3.05, 3.63) is 124 Å². The summed E-state index contributed by atoms with van der Waals surface area (Å²) in [5.74, 6) is -0.279. The van der Waals surface area contributed by atoms with Gasteiger partial charge in [0.2, 0.25) is 0 Å². The van der Waals surface area contributed by atoms with Crippen LogP contribution in [0.1, 0.15) is 21.5 Å². The van der Waals surface area contributed by atoms with Crippen molar-refractivity contribution in [2.45, 2.75) is 18.4 Å². The lowest BCUT2D eigenvalue weighted by molar-refractivity contribution is 0.102. The number of rotatable bonds is 7. The number of hydrogen-bond donors (Lipinski definition) is 1. The molecule has 5 nitrogen and oxygen atoms in total. The number of sulfonamides is 1. The van der Waals surface area contributed by atoms with Crippen LogP contribution in [0.2, 0.25) is 10.0 Å². The van der Waals surface area contributed by atoms with E-state index in [0.717, 1.165) is 5.56 Å². The molecule has 8 heteroatoms. The lowest BCUT2D eigenvalue weighted by Crippen LogP contribution is -2.31. The highest BCUT2D eigenvalue weighted by Crippen LogP contribution is 2.31. The molecule has 0 aliphatic carbocycles. The van der Waals surface area contributed by atoms with Gasteiger partial charge in [-0.25, -0.2) is 8.42 Å². The lowest BCUT2D eigenvalue weighted by atomic mass is 10.1. The Morgan fingerprint density at radius 1 is 0.829 bits per heavy atom. The van der Waals surface area contributed by atoms with E-state index in [4.69, 9.17) is 23.2 Å². The fourth-order valence-electron chi connectivity index (χ4n) is 3.53. The van der Waals surface area contributed by atoms with Crippen LogP contribution in [0.25, 0.3) is 0 Å². The minimum absolute atomic E-state index is 0.0670. The van der Waals surface area contributed by atoms with Gasteiger partial charge in [0.1, 0.15) is 0 Å². The molecule has 1 amide bonds. The molecule has 0 aromatic heterocycles. The molecule has 0 atom stereocenters. The van der Waals surface area contributed by atoms with Gasteiger partial charge < -0.3 is 5.32 Å². The summed E-state index contributed by atoms with van der Waals surface area (Å²) in [7, 11) is -3.88. The van der Waals surface area contributed by atoms with E-state index in [9.17, 15) is 13.2 Å². The molecule has 0 bridgehead atoms. The Balaban J connectivity index is 1.62. The molecule has 0 fully saturated rings. The maximum absolute atomic E-state index is 13.6. The van der Waals surface area contributed by atoms with Crippen LogP contribution in [0, 0.1) is 6.92 Å². The van der Waals surface area contributed by atoms with Crippen molar-refractivity contribution in [1.29, 1.82) is 0 Å². The predicted octanol–water partition coefficient (Wildman–Crippen LogP) is 6.95. The van der Waals surface area contributed by atoms with Crippen molar-refractivity contribution in [3.8, 4) is 0 Å². The fourth-order valence-corrected chi connectivity index (χ4v) is 5.36. The smallest absolute Gasteiger partial charge is 0.264 e. The van der Waals surface area contributed by atoms with E-state index in [0.29, 0.717) is 32.5 Å². The second-order valence-corrected chi connectivity index (χ2v) is 10.6. The van der Waals surface area contributed by atoms with Gasteiger partial charge in [0, 0.05) is 21.3 Å². The van der Waals surface area contributed by atoms with Crippen molar-refractivity contribution in [1.82, 2.24) is 0 Å². The molecule has 4 rings (SSSR count). The van der Waals surface area contributed by atoms with Gasteiger partial charge in [-0.15, -0.1) is 0 Å². The Morgan fingerprint density at radius 2 is 1.46 bits per heavy atom. The number of anilines is 2. The first-order chi connectivity index (χ1) is 16.7. The summed E-state index contributed by atoms with van der Waals surface area (Å²) in [5.41, 5.74) is 3.05. The Morgan fingerprint density at radius 3 is 2.11 bits per heavy atom. The first-order valence-electron chi connectivity index (χ1n) is 10.7. The standard InChI is InChI=1S/C27H22Cl2N2O3S/c1-19-7-12-23(29)17-26(19)31(35(33,34)25-5-3-2-4-6-25)18-20-8-10-21(11-9-20)27(32)30-24-15-13-22(28)14-16-24/h2-17H,18H2,1H3,(H,30,32). The summed E-state index contributed by atoms with van der Waals surface area (Å²) in [4.78, 5) is 12.8. The van der Waals surface area contributed by atoms with E-state index < -0.39 is 10.0 Å². The fraction of sp³-hybridized carbons (Fsp3) is 0.0741. The van der Waals surface area contributed by atoms with E-state index in [1.165, 1.54) is 4.31 Å². The summed E-state index contributed by atoms with van der Waals surface area (Å²) in [5, 5.41) is 3.83. The number of hydrogen-bond acceptors (Lipinski definition) is 3. The number of aryl methyl sites for hydroxylation is 1. The molecule has 0 saturated carbocycles. The number of carbonyl (C=O) groups is 1. The minimum atomic E-state index is -3.88. The van der Waals surface area contributed by atoms with Gasteiger partial charge in [-0.1, -0.05) is 59.6 Å². The summed E-state index contributed by atoms with van der Waals surface area (Å²) in [6.07, 6.45) is 0. The third kappa shape index (κ3) is 5.85. The zero-order valence-electron chi connectivity index (χ0n) is 18.8. The summed E-state index contributed by atoms with van der Waals surface area (Å²) >= 11 is 12.1. The second kappa shape index (κ2) is 10.5. The molecule has 0 saturated heterocycles. The summed E-state index contributed by atoms with van der Waals surface area (Å²) < 4.78 is 28.6. The Kier molecular flexibility index (Phi) is 7.45. The highest BCUT2D eigenvalue weighted by Gasteiger charge is 2.26. The SMILES string of the molecule is Cc1ccc(Cl)cc1N(Cc1ccc(C(=O)Nc2ccc(Cl)cc2)cc1)S(=O)(=O)c1ccccc1. The van der Waals surface area contributed by atoms with Crippen molar-refractivity contribution in [2.75, 3.05) is 9.62 Å². The van der Waals surface area contributed by atoms with Gasteiger partial charge in [0.25, 0.3) is 15.9 Å². The summed E-state index contributed by atoms with van der Waals surface area (Å²) in [6.45, 7) is 1.90. The zero-order chi connectivity index (χ0) is 25.0. The van der Waals surface area contributed by atoms with Crippen LogP contribution < -0.4 is 9.62 Å². The molecule has 178 valence electrons. The number of nitrogens with zero attached hydrogens (tertiary/aromatic N) is 1. The number of benzene rings is 4. The Hall–Kier alpha value is -3.32. The van der Waals surface area contributed by atoms with Gasteiger partial charge in [0.05, 0.1) is 17.1 Å². The lowest BCUT2D eigenvalue weighted by Gasteiger charge is -2.26. The molecule has 0 aliphatic rings. The van der Waals surface area contributed by atoms with Gasteiger partial charge >= 0.3 is 0 Å². The first kappa shape index (κ1) is 24.8. The molecule has 0 spiro atoms. The maximum Gasteiger partial charge on any atom is 0.264 e. The highest BCUT2D eigenvalue weighted by atomic mass is 35.5. The van der Waals surface area contributed by atoms with Gasteiger partial charge in [-0.05, 0) is 78.7 Å². The number of amides is 1. The van der Waals surface area contributed by atoms with E-state index >= 15 is 0 Å².